The Morgan fingerprint density at radius 2 is 2.35 bits per heavy atom. The van der Waals surface area contributed by atoms with Gasteiger partial charge in [-0.15, -0.1) is 0 Å². The number of halogens is 1. The monoisotopic (exact) mass is 253 g/mol. The number of aromatic nitrogens is 2. The Hall–Kier alpha value is -1.73. The summed E-state index contributed by atoms with van der Waals surface area (Å²) in [6.45, 7) is 0.606. The van der Waals surface area contributed by atoms with E-state index in [1.165, 1.54) is 5.56 Å². The average Bonchev–Trinajstić information content (AvgIpc) is 2.84. The smallest absolute Gasteiger partial charge is 0.239 e. The molecule has 0 amide bonds. The number of nitrogens with zero attached hydrogens (tertiary/aromatic N) is 2. The van der Waals surface area contributed by atoms with Crippen LogP contribution in [0, 0.1) is 5.82 Å². The first-order chi connectivity index (χ1) is 8.29. The van der Waals surface area contributed by atoms with Gasteiger partial charge in [0.25, 0.3) is 0 Å². The minimum atomic E-state index is -0.491. The second-order valence-corrected chi connectivity index (χ2v) is 4.12. The van der Waals surface area contributed by atoms with Crippen LogP contribution < -0.4 is 16.6 Å². The Labute approximate surface area is 102 Å². The second kappa shape index (κ2) is 5.55. The number of nitrogens with two attached hydrogens (primary N) is 1. The van der Waals surface area contributed by atoms with Gasteiger partial charge in [-0.2, -0.15) is 16.3 Å². The number of nitrogens with one attached hydrogen (secondary N) is 2. The minimum absolute atomic E-state index is 0.156. The van der Waals surface area contributed by atoms with Gasteiger partial charge in [-0.1, -0.05) is 0 Å². The van der Waals surface area contributed by atoms with E-state index in [2.05, 4.69) is 26.1 Å². The van der Waals surface area contributed by atoms with Crippen molar-refractivity contribution < 1.29 is 4.39 Å². The Kier molecular flexibility index (Phi) is 3.84. The molecule has 0 saturated carbocycles. The maximum Gasteiger partial charge on any atom is 0.239 e. The summed E-state index contributed by atoms with van der Waals surface area (Å²) in [5.74, 6) is 5.00. The van der Waals surface area contributed by atoms with Gasteiger partial charge < -0.3 is 5.32 Å². The van der Waals surface area contributed by atoms with Crippen molar-refractivity contribution in [2.24, 2.45) is 5.84 Å². The van der Waals surface area contributed by atoms with Crippen LogP contribution in [0.4, 0.5) is 16.2 Å². The maximum absolute atomic E-state index is 13.3. The summed E-state index contributed by atoms with van der Waals surface area (Å²) >= 11 is 1.64. The molecule has 0 saturated heterocycles. The molecule has 2 aromatic rings. The lowest BCUT2D eigenvalue weighted by atomic mass is 10.2. The summed E-state index contributed by atoms with van der Waals surface area (Å²) in [6, 6.07) is 2.04. The van der Waals surface area contributed by atoms with E-state index in [9.17, 15) is 4.39 Å². The molecule has 0 aromatic carbocycles. The molecule has 0 aliphatic carbocycles. The van der Waals surface area contributed by atoms with Gasteiger partial charge in [0.1, 0.15) is 0 Å². The SMILES string of the molecule is NNc1ncc(F)c(NCCc2ccsc2)n1. The van der Waals surface area contributed by atoms with Crippen molar-refractivity contribution in [2.75, 3.05) is 17.3 Å². The highest BCUT2D eigenvalue weighted by molar-refractivity contribution is 7.07. The molecule has 2 heterocycles. The Morgan fingerprint density at radius 3 is 3.06 bits per heavy atom. The third kappa shape index (κ3) is 3.11. The quantitative estimate of drug-likeness (QED) is 0.557. The van der Waals surface area contributed by atoms with Gasteiger partial charge in [0.2, 0.25) is 5.95 Å². The predicted molar refractivity (Wildman–Crippen MR) is 66.3 cm³/mol. The van der Waals surface area contributed by atoms with Gasteiger partial charge in [-0.3, -0.25) is 5.43 Å². The van der Waals surface area contributed by atoms with Crippen LogP contribution in [0.1, 0.15) is 5.56 Å². The van der Waals surface area contributed by atoms with Gasteiger partial charge in [0.05, 0.1) is 6.20 Å². The van der Waals surface area contributed by atoms with Crippen LogP contribution in [0.3, 0.4) is 0 Å². The molecule has 0 radical (unpaired) electrons. The maximum atomic E-state index is 13.3. The summed E-state index contributed by atoms with van der Waals surface area (Å²) < 4.78 is 13.3. The lowest BCUT2D eigenvalue weighted by Gasteiger charge is -2.06. The van der Waals surface area contributed by atoms with Crippen LogP contribution in [0.2, 0.25) is 0 Å². The van der Waals surface area contributed by atoms with Crippen molar-refractivity contribution in [3.05, 3.63) is 34.4 Å². The first-order valence-corrected chi connectivity index (χ1v) is 5.98. The van der Waals surface area contributed by atoms with Crippen molar-refractivity contribution in [3.8, 4) is 0 Å². The average molecular weight is 253 g/mol. The minimum Gasteiger partial charge on any atom is -0.367 e. The van der Waals surface area contributed by atoms with E-state index in [1.807, 2.05) is 11.4 Å². The van der Waals surface area contributed by atoms with E-state index >= 15 is 0 Å². The van der Waals surface area contributed by atoms with E-state index in [0.717, 1.165) is 12.6 Å². The first-order valence-electron chi connectivity index (χ1n) is 5.03. The van der Waals surface area contributed by atoms with E-state index in [1.54, 1.807) is 11.3 Å². The number of hydrogen-bond donors (Lipinski definition) is 3. The van der Waals surface area contributed by atoms with E-state index in [0.29, 0.717) is 6.54 Å². The lowest BCUT2D eigenvalue weighted by Crippen LogP contribution is -2.14. The van der Waals surface area contributed by atoms with Crippen molar-refractivity contribution in [1.29, 1.82) is 0 Å². The predicted octanol–water partition coefficient (Wildman–Crippen LogP) is 1.62. The van der Waals surface area contributed by atoms with Crippen LogP contribution in [0.15, 0.2) is 23.0 Å². The summed E-state index contributed by atoms with van der Waals surface area (Å²) in [4.78, 5) is 7.53. The highest BCUT2D eigenvalue weighted by Gasteiger charge is 2.05. The number of thiophene rings is 1. The third-order valence-corrected chi connectivity index (χ3v) is 2.89. The molecule has 5 nitrogen and oxygen atoms in total. The summed E-state index contributed by atoms with van der Waals surface area (Å²) in [6.07, 6.45) is 1.90. The van der Waals surface area contributed by atoms with Crippen LogP contribution >= 0.6 is 11.3 Å². The fourth-order valence-corrected chi connectivity index (χ4v) is 2.02. The van der Waals surface area contributed by atoms with E-state index < -0.39 is 5.82 Å². The van der Waals surface area contributed by atoms with Crippen LogP contribution in [-0.4, -0.2) is 16.5 Å². The molecule has 0 aliphatic rings. The molecule has 0 aliphatic heterocycles. The van der Waals surface area contributed by atoms with E-state index in [-0.39, 0.29) is 11.8 Å². The van der Waals surface area contributed by atoms with Crippen LogP contribution in [0.25, 0.3) is 0 Å². The molecule has 17 heavy (non-hydrogen) atoms. The highest BCUT2D eigenvalue weighted by Crippen LogP contribution is 2.12. The number of hydrogen-bond acceptors (Lipinski definition) is 6. The Morgan fingerprint density at radius 1 is 1.47 bits per heavy atom. The second-order valence-electron chi connectivity index (χ2n) is 3.34. The number of nitrogen functional groups attached to an aromatic ring is 1. The standard InChI is InChI=1S/C10H12FN5S/c11-8-5-14-10(16-12)15-9(8)13-3-1-7-2-4-17-6-7/h2,4-6H,1,3,12H2,(H2,13,14,15,16). The number of anilines is 2. The zero-order chi connectivity index (χ0) is 12.1. The normalized spacial score (nSPS) is 10.2. The molecule has 2 rings (SSSR count). The van der Waals surface area contributed by atoms with Crippen molar-refractivity contribution >= 4 is 23.1 Å². The molecular formula is C10H12FN5S. The first kappa shape index (κ1) is 11.7. The van der Waals surface area contributed by atoms with Crippen LogP contribution in [0.5, 0.6) is 0 Å². The molecular weight excluding hydrogens is 241 g/mol. The van der Waals surface area contributed by atoms with Gasteiger partial charge in [-0.05, 0) is 28.8 Å². The molecule has 90 valence electrons. The van der Waals surface area contributed by atoms with Gasteiger partial charge >= 0.3 is 0 Å². The fourth-order valence-electron chi connectivity index (χ4n) is 1.32. The molecule has 0 fully saturated rings. The molecule has 0 bridgehead atoms. The topological polar surface area (TPSA) is 75.9 Å². The van der Waals surface area contributed by atoms with Crippen LogP contribution in [-0.2, 0) is 6.42 Å². The Balaban J connectivity index is 1.94. The lowest BCUT2D eigenvalue weighted by molar-refractivity contribution is 0.617. The fraction of sp³-hybridized carbons (Fsp3) is 0.200. The van der Waals surface area contributed by atoms with Crippen molar-refractivity contribution in [1.82, 2.24) is 9.97 Å². The molecule has 2 aromatic heterocycles. The zero-order valence-electron chi connectivity index (χ0n) is 8.98. The number of rotatable bonds is 5. The van der Waals surface area contributed by atoms with Gasteiger partial charge in [-0.25, -0.2) is 15.2 Å². The number of hydrazine groups is 1. The zero-order valence-corrected chi connectivity index (χ0v) is 9.80. The molecule has 0 spiro atoms. The van der Waals surface area contributed by atoms with E-state index in [4.69, 9.17) is 5.84 Å². The van der Waals surface area contributed by atoms with Gasteiger partial charge in [0.15, 0.2) is 11.6 Å². The molecule has 0 unspecified atom stereocenters. The molecule has 7 heteroatoms. The summed E-state index contributed by atoms with van der Waals surface area (Å²) in [7, 11) is 0. The largest absolute Gasteiger partial charge is 0.367 e. The van der Waals surface area contributed by atoms with Crippen molar-refractivity contribution in [3.63, 3.8) is 0 Å². The Bertz CT molecular complexity index is 474. The summed E-state index contributed by atoms with van der Waals surface area (Å²) in [5, 5.41) is 6.98. The highest BCUT2D eigenvalue weighted by atomic mass is 32.1. The molecule has 4 N–H and O–H groups in total. The molecule has 0 atom stereocenters. The summed E-state index contributed by atoms with van der Waals surface area (Å²) in [5.41, 5.74) is 3.49. The van der Waals surface area contributed by atoms with Crippen molar-refractivity contribution in [2.45, 2.75) is 6.42 Å². The third-order valence-electron chi connectivity index (χ3n) is 2.16. The van der Waals surface area contributed by atoms with Gasteiger partial charge in [0, 0.05) is 6.54 Å².